The number of likely N-dealkylation sites (tertiary alicyclic amines) is 1. The quantitative estimate of drug-likeness (QED) is 0.879. The second-order valence-corrected chi connectivity index (χ2v) is 6.78. The first-order chi connectivity index (χ1) is 12.1. The minimum atomic E-state index is -0.998. The van der Waals surface area contributed by atoms with E-state index in [-0.39, 0.29) is 5.91 Å². The fourth-order valence-corrected chi connectivity index (χ4v) is 3.09. The molecule has 5 heteroatoms. The first kappa shape index (κ1) is 17.4. The molecule has 1 aliphatic heterocycles. The highest BCUT2D eigenvalue weighted by molar-refractivity contribution is 5.93. The molecule has 1 aromatic carbocycles. The molecule has 0 aliphatic carbocycles. The van der Waals surface area contributed by atoms with Gasteiger partial charge >= 0.3 is 0 Å². The van der Waals surface area contributed by atoms with Crippen LogP contribution in [0.15, 0.2) is 48.7 Å². The van der Waals surface area contributed by atoms with Crippen LogP contribution in [-0.4, -0.2) is 40.5 Å². The molecule has 25 heavy (non-hydrogen) atoms. The van der Waals surface area contributed by atoms with Crippen molar-refractivity contribution in [3.05, 3.63) is 59.9 Å². The van der Waals surface area contributed by atoms with Crippen molar-refractivity contribution >= 4 is 11.6 Å². The first-order valence-electron chi connectivity index (χ1n) is 8.83. The molecule has 1 atom stereocenters. The number of hydrogen-bond acceptors (Lipinski definition) is 4. The highest BCUT2D eigenvalue weighted by atomic mass is 16.3. The summed E-state index contributed by atoms with van der Waals surface area (Å²) < 4.78 is 0. The van der Waals surface area contributed by atoms with Gasteiger partial charge < -0.3 is 15.3 Å². The van der Waals surface area contributed by atoms with E-state index in [2.05, 4.69) is 10.3 Å². The fourth-order valence-electron chi connectivity index (χ4n) is 3.09. The third-order valence-electron chi connectivity index (χ3n) is 4.65. The largest absolute Gasteiger partial charge is 0.384 e. The monoisotopic (exact) mass is 339 g/mol. The van der Waals surface area contributed by atoms with Crippen molar-refractivity contribution in [2.75, 3.05) is 25.0 Å². The van der Waals surface area contributed by atoms with Crippen molar-refractivity contribution in [2.24, 2.45) is 0 Å². The van der Waals surface area contributed by atoms with Gasteiger partial charge in [0.1, 0.15) is 11.3 Å². The second kappa shape index (κ2) is 7.66. The van der Waals surface area contributed by atoms with Gasteiger partial charge in [-0.2, -0.15) is 0 Å². The summed E-state index contributed by atoms with van der Waals surface area (Å²) >= 11 is 0. The predicted octanol–water partition coefficient (Wildman–Crippen LogP) is 3.03. The molecule has 1 amide bonds. The predicted molar refractivity (Wildman–Crippen MR) is 98.5 cm³/mol. The van der Waals surface area contributed by atoms with Crippen molar-refractivity contribution in [3.8, 4) is 0 Å². The SMILES string of the molecule is CC(O)(CNc1ccnc(C(=O)N2CCCCC2)c1)c1ccccc1. The molecule has 0 saturated carbocycles. The van der Waals surface area contributed by atoms with Crippen LogP contribution in [0.2, 0.25) is 0 Å². The zero-order valence-corrected chi connectivity index (χ0v) is 14.6. The van der Waals surface area contributed by atoms with Crippen molar-refractivity contribution in [3.63, 3.8) is 0 Å². The summed E-state index contributed by atoms with van der Waals surface area (Å²) in [6.07, 6.45) is 4.94. The van der Waals surface area contributed by atoms with E-state index in [4.69, 9.17) is 0 Å². The normalized spacial score (nSPS) is 17.0. The lowest BCUT2D eigenvalue weighted by Crippen LogP contribution is -2.36. The van der Waals surface area contributed by atoms with Crippen LogP contribution < -0.4 is 5.32 Å². The molecule has 1 aliphatic rings. The van der Waals surface area contributed by atoms with E-state index in [1.807, 2.05) is 41.3 Å². The molecule has 1 unspecified atom stereocenters. The third-order valence-corrected chi connectivity index (χ3v) is 4.65. The number of rotatable bonds is 5. The summed E-state index contributed by atoms with van der Waals surface area (Å²) in [5.74, 6) is -0.0156. The molecule has 2 heterocycles. The molecular weight excluding hydrogens is 314 g/mol. The highest BCUT2D eigenvalue weighted by Crippen LogP contribution is 2.21. The maximum Gasteiger partial charge on any atom is 0.272 e. The number of nitrogens with zero attached hydrogens (tertiary/aromatic N) is 2. The smallest absolute Gasteiger partial charge is 0.272 e. The molecule has 0 spiro atoms. The Hall–Kier alpha value is -2.40. The molecule has 1 saturated heterocycles. The standard InChI is InChI=1S/C20H25N3O2/c1-20(25,16-8-4-2-5-9-16)15-22-17-10-11-21-18(14-17)19(24)23-12-6-3-7-13-23/h2,4-5,8-11,14,25H,3,6-7,12-13,15H2,1H3,(H,21,22). The van der Waals surface area contributed by atoms with Gasteiger partial charge in [-0.1, -0.05) is 30.3 Å². The number of hydrogen-bond donors (Lipinski definition) is 2. The molecule has 5 nitrogen and oxygen atoms in total. The molecule has 1 fully saturated rings. The Morgan fingerprint density at radius 1 is 1.20 bits per heavy atom. The zero-order valence-electron chi connectivity index (χ0n) is 14.6. The van der Waals surface area contributed by atoms with Crippen molar-refractivity contribution in [1.29, 1.82) is 0 Å². The van der Waals surface area contributed by atoms with Gasteiger partial charge in [0.05, 0.1) is 0 Å². The maximum atomic E-state index is 12.6. The van der Waals surface area contributed by atoms with E-state index in [1.54, 1.807) is 19.2 Å². The minimum Gasteiger partial charge on any atom is -0.384 e. The minimum absolute atomic E-state index is 0.0156. The van der Waals surface area contributed by atoms with Crippen LogP contribution >= 0.6 is 0 Å². The average molecular weight is 339 g/mol. The van der Waals surface area contributed by atoms with Crippen LogP contribution in [0.3, 0.4) is 0 Å². The van der Waals surface area contributed by atoms with E-state index in [9.17, 15) is 9.90 Å². The molecule has 2 N–H and O–H groups in total. The summed E-state index contributed by atoms with van der Waals surface area (Å²) in [5, 5.41) is 13.9. The summed E-state index contributed by atoms with van der Waals surface area (Å²) in [6, 6.07) is 13.1. The van der Waals surface area contributed by atoms with Gasteiger partial charge in [-0.05, 0) is 43.9 Å². The zero-order chi connectivity index (χ0) is 17.7. The fraction of sp³-hybridized carbons (Fsp3) is 0.400. The van der Waals surface area contributed by atoms with Crippen LogP contribution in [0.4, 0.5) is 5.69 Å². The summed E-state index contributed by atoms with van der Waals surface area (Å²) in [4.78, 5) is 18.7. The van der Waals surface area contributed by atoms with E-state index in [0.717, 1.165) is 37.2 Å². The molecular formula is C20H25N3O2. The van der Waals surface area contributed by atoms with Gasteiger partial charge in [0.25, 0.3) is 5.91 Å². The number of anilines is 1. The lowest BCUT2D eigenvalue weighted by Gasteiger charge is -2.27. The van der Waals surface area contributed by atoms with Gasteiger partial charge in [-0.3, -0.25) is 9.78 Å². The maximum absolute atomic E-state index is 12.6. The number of aromatic nitrogens is 1. The topological polar surface area (TPSA) is 65.5 Å². The van der Waals surface area contributed by atoms with Crippen molar-refractivity contribution < 1.29 is 9.90 Å². The van der Waals surface area contributed by atoms with Crippen LogP contribution in [0.25, 0.3) is 0 Å². The number of benzene rings is 1. The number of aliphatic hydroxyl groups is 1. The van der Waals surface area contributed by atoms with Gasteiger partial charge in [0, 0.05) is 31.5 Å². The summed E-state index contributed by atoms with van der Waals surface area (Å²) in [6.45, 7) is 3.73. The van der Waals surface area contributed by atoms with Gasteiger partial charge in [0.2, 0.25) is 0 Å². The molecule has 2 aromatic rings. The Morgan fingerprint density at radius 2 is 1.92 bits per heavy atom. The molecule has 3 rings (SSSR count). The molecule has 0 bridgehead atoms. The van der Waals surface area contributed by atoms with Gasteiger partial charge in [0.15, 0.2) is 0 Å². The van der Waals surface area contributed by atoms with Gasteiger partial charge in [-0.15, -0.1) is 0 Å². The van der Waals surface area contributed by atoms with Crippen LogP contribution in [0.1, 0.15) is 42.2 Å². The molecule has 0 radical (unpaired) electrons. The van der Waals surface area contributed by atoms with Crippen molar-refractivity contribution in [2.45, 2.75) is 31.8 Å². The van der Waals surface area contributed by atoms with E-state index in [0.29, 0.717) is 12.2 Å². The van der Waals surface area contributed by atoms with Crippen molar-refractivity contribution in [1.82, 2.24) is 9.88 Å². The number of nitrogens with one attached hydrogen (secondary N) is 1. The molecule has 1 aromatic heterocycles. The molecule has 132 valence electrons. The number of amides is 1. The van der Waals surface area contributed by atoms with Crippen LogP contribution in [0.5, 0.6) is 0 Å². The lowest BCUT2D eigenvalue weighted by atomic mass is 9.96. The summed E-state index contributed by atoms with van der Waals surface area (Å²) in [7, 11) is 0. The number of pyridine rings is 1. The Bertz CT molecular complexity index is 710. The second-order valence-electron chi connectivity index (χ2n) is 6.78. The van der Waals surface area contributed by atoms with E-state index in [1.165, 1.54) is 6.42 Å². The highest BCUT2D eigenvalue weighted by Gasteiger charge is 2.23. The van der Waals surface area contributed by atoms with E-state index >= 15 is 0 Å². The number of carbonyl (C=O) groups is 1. The Morgan fingerprint density at radius 3 is 2.64 bits per heavy atom. The Labute approximate surface area is 148 Å². The number of piperidine rings is 1. The summed E-state index contributed by atoms with van der Waals surface area (Å²) in [5.41, 5.74) is 1.08. The Balaban J connectivity index is 1.66. The third kappa shape index (κ3) is 4.37. The van der Waals surface area contributed by atoms with E-state index < -0.39 is 5.60 Å². The first-order valence-corrected chi connectivity index (χ1v) is 8.83. The lowest BCUT2D eigenvalue weighted by molar-refractivity contribution is 0.0714. The van der Waals surface area contributed by atoms with Crippen LogP contribution in [0, 0.1) is 0 Å². The Kier molecular flexibility index (Phi) is 5.34. The van der Waals surface area contributed by atoms with Gasteiger partial charge in [-0.25, -0.2) is 0 Å². The number of carbonyl (C=O) groups excluding carboxylic acids is 1. The van der Waals surface area contributed by atoms with Crippen LogP contribution in [-0.2, 0) is 5.60 Å². The average Bonchev–Trinajstić information content (AvgIpc) is 2.67.